The van der Waals surface area contributed by atoms with Crippen LogP contribution in [0.25, 0.3) is 0 Å². The van der Waals surface area contributed by atoms with Crippen molar-refractivity contribution < 1.29 is 48.3 Å². The number of rotatable bonds is 0. The SMILES string of the molecule is CC1=CC2OC3CC4OC(=O)/C=C/C=C/C(=O)OCCC(C)C(O)C(=O)OCC2(CC1O)C4(C)C31CO1. The maximum Gasteiger partial charge on any atom is 0.335 e. The number of epoxide rings is 1. The van der Waals surface area contributed by atoms with E-state index in [1.807, 2.05) is 19.9 Å². The molecule has 3 aliphatic heterocycles. The summed E-state index contributed by atoms with van der Waals surface area (Å²) in [6.07, 6.45) is 4.09. The number of hydrogen-bond acceptors (Lipinski definition) is 10. The Kier molecular flexibility index (Phi) is 6.59. The van der Waals surface area contributed by atoms with Crippen LogP contribution >= 0.6 is 0 Å². The first-order chi connectivity index (χ1) is 17.5. The van der Waals surface area contributed by atoms with Crippen molar-refractivity contribution in [3.63, 3.8) is 0 Å². The fourth-order valence-corrected chi connectivity index (χ4v) is 6.66. The van der Waals surface area contributed by atoms with Crippen LogP contribution in [0.5, 0.6) is 0 Å². The third-order valence-electron chi connectivity index (χ3n) is 9.22. The van der Waals surface area contributed by atoms with Crippen LogP contribution in [-0.4, -0.2) is 84.1 Å². The second-order valence-electron chi connectivity index (χ2n) is 11.1. The predicted octanol–water partition coefficient (Wildman–Crippen LogP) is 1.14. The molecule has 5 rings (SSSR count). The molecule has 1 saturated carbocycles. The molecule has 3 heterocycles. The minimum absolute atomic E-state index is 0.00243. The number of cyclic esters (lactones) is 2. The van der Waals surface area contributed by atoms with Crippen LogP contribution in [0.3, 0.4) is 0 Å². The van der Waals surface area contributed by atoms with Crippen molar-refractivity contribution in [1.82, 2.24) is 0 Å². The van der Waals surface area contributed by atoms with Crippen LogP contribution in [-0.2, 0) is 38.1 Å². The normalized spacial score (nSPS) is 47.9. The standard InChI is InChI=1S/C27H34O10/c1-15-8-9-33-21(29)6-4-5-7-22(30)37-18-11-20-27(14-35-27)25(18,3)26(13-34-24(32)23(15)31)12-17(28)16(2)10-19(26)36-20/h4-7,10,15,17-20,23,28,31H,8-9,11-14H2,1-3H3/b6-4+,7-5+. The molecule has 0 aromatic carbocycles. The first-order valence-electron chi connectivity index (χ1n) is 12.8. The quantitative estimate of drug-likeness (QED) is 0.208. The lowest BCUT2D eigenvalue weighted by Gasteiger charge is -2.58. The van der Waals surface area contributed by atoms with Gasteiger partial charge >= 0.3 is 17.9 Å². The smallest absolute Gasteiger partial charge is 0.335 e. The highest BCUT2D eigenvalue weighted by Crippen LogP contribution is 2.72. The lowest BCUT2D eigenvalue weighted by Crippen LogP contribution is -2.68. The molecular weight excluding hydrogens is 484 g/mol. The van der Waals surface area contributed by atoms with Gasteiger partial charge in [0.15, 0.2) is 6.10 Å². The van der Waals surface area contributed by atoms with E-state index < -0.39 is 64.7 Å². The van der Waals surface area contributed by atoms with Gasteiger partial charge < -0.3 is 33.9 Å². The Balaban J connectivity index is 1.54. The van der Waals surface area contributed by atoms with Gasteiger partial charge in [-0.05, 0) is 31.3 Å². The highest BCUT2D eigenvalue weighted by atomic mass is 16.6. The first-order valence-corrected chi connectivity index (χ1v) is 12.8. The molecule has 0 radical (unpaired) electrons. The van der Waals surface area contributed by atoms with Gasteiger partial charge in [0.25, 0.3) is 0 Å². The van der Waals surface area contributed by atoms with Gasteiger partial charge in [0.1, 0.15) is 18.3 Å². The second kappa shape index (κ2) is 9.34. The molecule has 5 aliphatic rings. The summed E-state index contributed by atoms with van der Waals surface area (Å²) >= 11 is 0. The molecule has 10 nitrogen and oxygen atoms in total. The van der Waals surface area contributed by atoms with Crippen LogP contribution in [0.15, 0.2) is 36.0 Å². The molecule has 0 aromatic rings. The van der Waals surface area contributed by atoms with Crippen molar-refractivity contribution >= 4 is 17.9 Å². The van der Waals surface area contributed by atoms with Crippen molar-refractivity contribution in [2.75, 3.05) is 19.8 Å². The third kappa shape index (κ3) is 4.05. The number of carbonyl (C=O) groups is 3. The van der Waals surface area contributed by atoms with E-state index in [1.54, 1.807) is 6.92 Å². The Morgan fingerprint density at radius 3 is 2.41 bits per heavy atom. The number of ether oxygens (including phenoxy) is 5. The predicted molar refractivity (Wildman–Crippen MR) is 127 cm³/mol. The number of carbonyl (C=O) groups excluding carboxylic acids is 3. The first kappa shape index (κ1) is 26.1. The maximum absolute atomic E-state index is 13.0. The highest BCUT2D eigenvalue weighted by molar-refractivity contribution is 5.84. The minimum Gasteiger partial charge on any atom is -0.463 e. The van der Waals surface area contributed by atoms with E-state index in [9.17, 15) is 24.6 Å². The van der Waals surface area contributed by atoms with Crippen molar-refractivity contribution in [3.8, 4) is 0 Å². The fourth-order valence-electron chi connectivity index (χ4n) is 6.66. The maximum atomic E-state index is 13.0. The summed E-state index contributed by atoms with van der Waals surface area (Å²) in [4.78, 5) is 37.6. The van der Waals surface area contributed by atoms with Crippen molar-refractivity contribution in [2.45, 2.75) is 76.2 Å². The zero-order valence-corrected chi connectivity index (χ0v) is 21.3. The highest BCUT2D eigenvalue weighted by Gasteiger charge is 2.83. The van der Waals surface area contributed by atoms with Crippen LogP contribution in [0.1, 0.15) is 40.0 Å². The summed E-state index contributed by atoms with van der Waals surface area (Å²) < 4.78 is 29.3. The van der Waals surface area contributed by atoms with Gasteiger partial charge in [-0.15, -0.1) is 0 Å². The van der Waals surface area contributed by atoms with Crippen LogP contribution in [0.4, 0.5) is 0 Å². The number of allylic oxidation sites excluding steroid dienone is 2. The average Bonchev–Trinajstić information content (AvgIpc) is 3.63. The molecular formula is C27H34O10. The molecule has 0 aromatic heterocycles. The molecule has 37 heavy (non-hydrogen) atoms. The van der Waals surface area contributed by atoms with E-state index in [4.69, 9.17) is 23.7 Å². The number of esters is 3. The summed E-state index contributed by atoms with van der Waals surface area (Å²) in [5, 5.41) is 21.6. The molecule has 202 valence electrons. The van der Waals surface area contributed by atoms with E-state index in [2.05, 4.69) is 0 Å². The third-order valence-corrected chi connectivity index (χ3v) is 9.22. The summed E-state index contributed by atoms with van der Waals surface area (Å²) in [6.45, 7) is 5.67. The van der Waals surface area contributed by atoms with Crippen molar-refractivity contribution in [1.29, 1.82) is 0 Å². The number of aliphatic hydroxyl groups excluding tert-OH is 2. The van der Waals surface area contributed by atoms with E-state index in [0.29, 0.717) is 13.0 Å². The monoisotopic (exact) mass is 518 g/mol. The molecule has 9 atom stereocenters. The van der Waals surface area contributed by atoms with Crippen LogP contribution in [0, 0.1) is 16.7 Å². The van der Waals surface area contributed by atoms with Gasteiger partial charge in [-0.2, -0.15) is 0 Å². The van der Waals surface area contributed by atoms with Crippen LogP contribution < -0.4 is 0 Å². The molecule has 2 N–H and O–H groups in total. The second-order valence-corrected chi connectivity index (χ2v) is 11.1. The molecule has 2 saturated heterocycles. The molecule has 9 unspecified atom stereocenters. The fraction of sp³-hybridized carbons (Fsp3) is 0.667. The van der Waals surface area contributed by atoms with Crippen molar-refractivity contribution in [2.24, 2.45) is 16.7 Å². The number of hydrogen-bond donors (Lipinski definition) is 2. The zero-order valence-electron chi connectivity index (χ0n) is 21.3. The Labute approximate surface area is 215 Å². The molecule has 0 amide bonds. The van der Waals surface area contributed by atoms with Gasteiger partial charge in [-0.3, -0.25) is 0 Å². The van der Waals surface area contributed by atoms with E-state index in [-0.39, 0.29) is 32.2 Å². The summed E-state index contributed by atoms with van der Waals surface area (Å²) in [7, 11) is 0. The molecule has 3 fully saturated rings. The number of aliphatic hydroxyl groups is 2. The summed E-state index contributed by atoms with van der Waals surface area (Å²) in [5.74, 6) is -2.57. The lowest BCUT2D eigenvalue weighted by atomic mass is 9.51. The van der Waals surface area contributed by atoms with Gasteiger partial charge in [-0.25, -0.2) is 14.4 Å². The zero-order chi connectivity index (χ0) is 26.6. The Morgan fingerprint density at radius 2 is 1.70 bits per heavy atom. The Morgan fingerprint density at radius 1 is 1.00 bits per heavy atom. The summed E-state index contributed by atoms with van der Waals surface area (Å²) in [5.41, 5.74) is -1.84. The Hall–Kier alpha value is -2.53. The molecule has 2 bridgehead atoms. The van der Waals surface area contributed by atoms with Gasteiger partial charge in [0.05, 0.1) is 36.9 Å². The molecule has 2 aliphatic carbocycles. The molecule has 2 spiro atoms. The average molecular weight is 519 g/mol. The lowest BCUT2D eigenvalue weighted by molar-refractivity contribution is -0.240. The minimum atomic E-state index is -1.44. The summed E-state index contributed by atoms with van der Waals surface area (Å²) in [6, 6.07) is 0. The van der Waals surface area contributed by atoms with Gasteiger partial charge in [0.2, 0.25) is 0 Å². The molecule has 10 heteroatoms. The van der Waals surface area contributed by atoms with E-state index >= 15 is 0 Å². The van der Waals surface area contributed by atoms with E-state index in [0.717, 1.165) is 5.57 Å². The van der Waals surface area contributed by atoms with Crippen LogP contribution in [0.2, 0.25) is 0 Å². The topological polar surface area (TPSA) is 141 Å². The van der Waals surface area contributed by atoms with Gasteiger partial charge in [-0.1, -0.05) is 32.1 Å². The van der Waals surface area contributed by atoms with Crippen molar-refractivity contribution in [3.05, 3.63) is 36.0 Å². The largest absolute Gasteiger partial charge is 0.463 e. The van der Waals surface area contributed by atoms with E-state index in [1.165, 1.54) is 24.3 Å². The van der Waals surface area contributed by atoms with Gasteiger partial charge in [0, 0.05) is 24.0 Å². The Bertz CT molecular complexity index is 1060.